The monoisotopic (exact) mass is 341 g/mol. The number of methoxy groups -OCH3 is 1. The molecule has 0 radical (unpaired) electrons. The normalized spacial score (nSPS) is 27.6. The van der Waals surface area contributed by atoms with Gasteiger partial charge in [-0.15, -0.1) is 0 Å². The summed E-state index contributed by atoms with van der Waals surface area (Å²) in [6.07, 6.45) is 5.33. The third kappa shape index (κ3) is 2.90. The van der Waals surface area contributed by atoms with Crippen LogP contribution in [0.25, 0.3) is 11.0 Å². The van der Waals surface area contributed by atoms with Crippen LogP contribution in [0, 0.1) is 17.8 Å². The molecule has 132 valence electrons. The quantitative estimate of drug-likeness (QED) is 0.846. The van der Waals surface area contributed by atoms with Gasteiger partial charge in [-0.2, -0.15) is 0 Å². The third-order valence-electron chi connectivity index (χ3n) is 5.82. The van der Waals surface area contributed by atoms with Crippen LogP contribution in [0.4, 0.5) is 0 Å². The Balaban J connectivity index is 1.39. The molecular weight excluding hydrogens is 318 g/mol. The summed E-state index contributed by atoms with van der Waals surface area (Å²) in [5.74, 6) is 0.400. The van der Waals surface area contributed by atoms with Crippen LogP contribution in [-0.2, 0) is 20.9 Å². The van der Waals surface area contributed by atoms with Gasteiger partial charge in [0.2, 0.25) is 5.91 Å². The first-order valence-corrected chi connectivity index (χ1v) is 8.94. The molecule has 6 heteroatoms. The first kappa shape index (κ1) is 16.1. The lowest BCUT2D eigenvalue weighted by Crippen LogP contribution is -2.47. The summed E-state index contributed by atoms with van der Waals surface area (Å²) in [6, 6.07) is 7.81. The number of ether oxygens (including phenoxy) is 1. The maximum Gasteiger partial charge on any atom is 0.311 e. The van der Waals surface area contributed by atoms with E-state index in [-0.39, 0.29) is 23.8 Å². The van der Waals surface area contributed by atoms with E-state index in [9.17, 15) is 9.59 Å². The number of carbonyl (C=O) groups excluding carboxylic acids is 2. The summed E-state index contributed by atoms with van der Waals surface area (Å²) in [7, 11) is 1.43. The summed E-state index contributed by atoms with van der Waals surface area (Å²) in [5.41, 5.74) is 1.96. The van der Waals surface area contributed by atoms with Gasteiger partial charge in [0.15, 0.2) is 0 Å². The number of esters is 1. The van der Waals surface area contributed by atoms with Crippen LogP contribution in [0.3, 0.4) is 0 Å². The van der Waals surface area contributed by atoms with Crippen LogP contribution in [0.15, 0.2) is 30.6 Å². The van der Waals surface area contributed by atoms with Gasteiger partial charge in [-0.25, -0.2) is 4.98 Å². The summed E-state index contributed by atoms with van der Waals surface area (Å²) in [4.78, 5) is 28.9. The van der Waals surface area contributed by atoms with Gasteiger partial charge in [0, 0.05) is 19.0 Å². The zero-order valence-electron chi connectivity index (χ0n) is 14.4. The maximum atomic E-state index is 12.5. The van der Waals surface area contributed by atoms with Gasteiger partial charge in [-0.3, -0.25) is 9.59 Å². The van der Waals surface area contributed by atoms with Crippen molar-refractivity contribution in [3.8, 4) is 0 Å². The van der Waals surface area contributed by atoms with E-state index in [1.165, 1.54) is 7.11 Å². The molecule has 1 amide bonds. The molecule has 2 fully saturated rings. The number of hydrogen-bond acceptors (Lipinski definition) is 4. The van der Waals surface area contributed by atoms with Crippen molar-refractivity contribution < 1.29 is 14.3 Å². The van der Waals surface area contributed by atoms with Gasteiger partial charge in [0.05, 0.1) is 30.4 Å². The number of imidazole rings is 1. The first-order valence-electron chi connectivity index (χ1n) is 8.94. The standard InChI is InChI=1S/C19H23N3O3/c1-25-19(24)17-12-6-7-13(10-12)18(17)21-16(23)8-9-22-11-20-14-4-2-3-5-15(14)22/h2-5,11-13,17-18H,6-10H2,1H3,(H,21,23)/t12-,13-,17-,18-/m0/s1. The van der Waals surface area contributed by atoms with E-state index in [0.717, 1.165) is 30.3 Å². The number of carbonyl (C=O) groups is 2. The van der Waals surface area contributed by atoms with Crippen molar-refractivity contribution in [1.82, 2.24) is 14.9 Å². The van der Waals surface area contributed by atoms with Crippen molar-refractivity contribution in [2.24, 2.45) is 17.8 Å². The molecule has 1 heterocycles. The van der Waals surface area contributed by atoms with Crippen molar-refractivity contribution in [1.29, 1.82) is 0 Å². The lowest BCUT2D eigenvalue weighted by molar-refractivity contribution is -0.148. The Kier molecular flexibility index (Phi) is 4.19. The Bertz CT molecular complexity index is 800. The molecule has 2 aliphatic carbocycles. The van der Waals surface area contributed by atoms with Crippen LogP contribution in [0.5, 0.6) is 0 Å². The number of fused-ring (bicyclic) bond motifs is 3. The number of amides is 1. The highest BCUT2D eigenvalue weighted by Crippen LogP contribution is 2.48. The second-order valence-corrected chi connectivity index (χ2v) is 7.15. The van der Waals surface area contributed by atoms with E-state index >= 15 is 0 Å². The fourth-order valence-electron chi connectivity index (χ4n) is 4.64. The fraction of sp³-hybridized carbons (Fsp3) is 0.526. The molecule has 2 saturated carbocycles. The Labute approximate surface area is 146 Å². The summed E-state index contributed by atoms with van der Waals surface area (Å²) in [6.45, 7) is 0.579. The predicted molar refractivity (Wildman–Crippen MR) is 92.6 cm³/mol. The molecule has 2 aliphatic rings. The average Bonchev–Trinajstić information content (AvgIpc) is 3.34. The smallest absolute Gasteiger partial charge is 0.311 e. The average molecular weight is 341 g/mol. The van der Waals surface area contributed by atoms with Crippen molar-refractivity contribution in [3.63, 3.8) is 0 Å². The molecule has 2 bridgehead atoms. The molecule has 0 unspecified atom stereocenters. The number of benzene rings is 1. The highest BCUT2D eigenvalue weighted by Gasteiger charge is 2.51. The Morgan fingerprint density at radius 1 is 1.28 bits per heavy atom. The molecule has 25 heavy (non-hydrogen) atoms. The third-order valence-corrected chi connectivity index (χ3v) is 5.82. The Morgan fingerprint density at radius 3 is 2.92 bits per heavy atom. The van der Waals surface area contributed by atoms with Gasteiger partial charge >= 0.3 is 5.97 Å². The fourth-order valence-corrected chi connectivity index (χ4v) is 4.64. The first-order chi connectivity index (χ1) is 12.2. The predicted octanol–water partition coefficient (Wildman–Crippen LogP) is 2.13. The maximum absolute atomic E-state index is 12.5. The van der Waals surface area contributed by atoms with Crippen molar-refractivity contribution in [2.75, 3.05) is 7.11 Å². The van der Waals surface area contributed by atoms with Crippen LogP contribution >= 0.6 is 0 Å². The second kappa shape index (κ2) is 6.50. The summed E-state index contributed by atoms with van der Waals surface area (Å²) >= 11 is 0. The lowest BCUT2D eigenvalue weighted by Gasteiger charge is -2.29. The van der Waals surface area contributed by atoms with E-state index in [0.29, 0.717) is 24.8 Å². The minimum atomic E-state index is -0.182. The molecule has 0 saturated heterocycles. The zero-order valence-corrected chi connectivity index (χ0v) is 14.4. The number of aromatic nitrogens is 2. The van der Waals surface area contributed by atoms with E-state index < -0.39 is 0 Å². The molecule has 2 aromatic rings. The number of nitrogens with one attached hydrogen (secondary N) is 1. The van der Waals surface area contributed by atoms with E-state index in [1.54, 1.807) is 6.33 Å². The van der Waals surface area contributed by atoms with Gasteiger partial charge < -0.3 is 14.6 Å². The van der Waals surface area contributed by atoms with Crippen LogP contribution in [0.2, 0.25) is 0 Å². The van der Waals surface area contributed by atoms with E-state index in [1.807, 2.05) is 28.8 Å². The molecular formula is C19H23N3O3. The SMILES string of the molecule is COC(=O)[C@H]1[C@H]2CC[C@@H](C2)[C@@H]1NC(=O)CCn1cnc2ccccc21. The molecule has 4 atom stereocenters. The largest absolute Gasteiger partial charge is 0.469 e. The highest BCUT2D eigenvalue weighted by atomic mass is 16.5. The number of aryl methyl sites for hydroxylation is 1. The highest BCUT2D eigenvalue weighted by molar-refractivity contribution is 5.80. The summed E-state index contributed by atoms with van der Waals surface area (Å²) < 4.78 is 6.96. The number of hydrogen-bond donors (Lipinski definition) is 1. The van der Waals surface area contributed by atoms with Crippen LogP contribution in [0.1, 0.15) is 25.7 Å². The molecule has 6 nitrogen and oxygen atoms in total. The van der Waals surface area contributed by atoms with Gasteiger partial charge in [0.25, 0.3) is 0 Å². The zero-order chi connectivity index (χ0) is 17.4. The molecule has 0 aliphatic heterocycles. The van der Waals surface area contributed by atoms with Crippen molar-refractivity contribution in [3.05, 3.63) is 30.6 Å². The minimum absolute atomic E-state index is 0.00997. The van der Waals surface area contributed by atoms with Crippen LogP contribution in [-0.4, -0.2) is 34.6 Å². The molecule has 1 aromatic carbocycles. The minimum Gasteiger partial charge on any atom is -0.469 e. The molecule has 0 spiro atoms. The topological polar surface area (TPSA) is 73.2 Å². The van der Waals surface area contributed by atoms with Crippen molar-refractivity contribution >= 4 is 22.9 Å². The van der Waals surface area contributed by atoms with E-state index in [4.69, 9.17) is 4.74 Å². The molecule has 4 rings (SSSR count). The number of para-hydroxylation sites is 2. The Hall–Kier alpha value is -2.37. The van der Waals surface area contributed by atoms with Crippen LogP contribution < -0.4 is 5.32 Å². The van der Waals surface area contributed by atoms with E-state index in [2.05, 4.69) is 10.3 Å². The summed E-state index contributed by atoms with van der Waals surface area (Å²) in [5, 5.41) is 3.11. The number of nitrogens with zero attached hydrogens (tertiary/aromatic N) is 2. The Morgan fingerprint density at radius 2 is 2.08 bits per heavy atom. The molecule has 1 aromatic heterocycles. The van der Waals surface area contributed by atoms with Gasteiger partial charge in [-0.05, 0) is 43.2 Å². The molecule has 1 N–H and O–H groups in total. The van der Waals surface area contributed by atoms with Crippen molar-refractivity contribution in [2.45, 2.75) is 38.3 Å². The van der Waals surface area contributed by atoms with Gasteiger partial charge in [0.1, 0.15) is 0 Å². The lowest BCUT2D eigenvalue weighted by atomic mass is 9.84. The van der Waals surface area contributed by atoms with Gasteiger partial charge in [-0.1, -0.05) is 12.1 Å². The number of rotatable bonds is 5. The second-order valence-electron chi connectivity index (χ2n) is 7.15.